The van der Waals surface area contributed by atoms with Crippen molar-refractivity contribution < 1.29 is 23.3 Å². The van der Waals surface area contributed by atoms with Crippen molar-refractivity contribution in [1.29, 1.82) is 0 Å². The minimum absolute atomic E-state index is 0.124. The summed E-state index contributed by atoms with van der Waals surface area (Å²) in [5.41, 5.74) is 0.611. The van der Waals surface area contributed by atoms with Gasteiger partial charge in [0.15, 0.2) is 11.5 Å². The van der Waals surface area contributed by atoms with Crippen LogP contribution in [0.2, 0.25) is 0 Å². The average molecular weight is 343 g/mol. The molecule has 0 saturated carbocycles. The molecule has 9 heteroatoms. The van der Waals surface area contributed by atoms with E-state index in [1.54, 1.807) is 12.1 Å². The fourth-order valence-corrected chi connectivity index (χ4v) is 2.17. The van der Waals surface area contributed by atoms with Crippen LogP contribution in [0, 0.1) is 10.1 Å². The first kappa shape index (κ1) is 16.2. The van der Waals surface area contributed by atoms with Gasteiger partial charge in [-0.15, -0.1) is 0 Å². The molecule has 128 valence electrons. The van der Waals surface area contributed by atoms with Gasteiger partial charge < -0.3 is 19.5 Å². The van der Waals surface area contributed by atoms with Gasteiger partial charge in [0.1, 0.15) is 10.5 Å². The van der Waals surface area contributed by atoms with Crippen molar-refractivity contribution in [2.24, 2.45) is 0 Å². The summed E-state index contributed by atoms with van der Waals surface area (Å²) < 4.78 is 10.2. The largest absolute Gasteiger partial charge is 0.451 e. The van der Waals surface area contributed by atoms with Gasteiger partial charge >= 0.3 is 5.88 Å². The molecular weight excluding hydrogens is 330 g/mol. The number of para-hydroxylation sites is 1. The second-order valence-corrected chi connectivity index (χ2v) is 5.06. The Morgan fingerprint density at radius 2 is 1.64 bits per heavy atom. The molecule has 0 aliphatic carbocycles. The van der Waals surface area contributed by atoms with Crippen LogP contribution in [0.15, 0.2) is 51.3 Å². The summed E-state index contributed by atoms with van der Waals surface area (Å²) in [6.45, 7) is 0.281. The van der Waals surface area contributed by atoms with Crippen molar-refractivity contribution in [2.75, 3.05) is 13.1 Å². The van der Waals surface area contributed by atoms with Gasteiger partial charge in [0, 0.05) is 18.5 Å². The SMILES string of the molecule is O=C(NCCNC(=O)c1cc2ccccc2o1)c1ccc([N+](=O)[O-])o1. The van der Waals surface area contributed by atoms with Gasteiger partial charge in [0.25, 0.3) is 11.8 Å². The number of amides is 2. The van der Waals surface area contributed by atoms with E-state index >= 15 is 0 Å². The van der Waals surface area contributed by atoms with E-state index in [9.17, 15) is 19.7 Å². The number of carbonyl (C=O) groups excluding carboxylic acids is 2. The molecule has 0 fully saturated rings. The van der Waals surface area contributed by atoms with Crippen LogP contribution in [-0.2, 0) is 0 Å². The van der Waals surface area contributed by atoms with Gasteiger partial charge in [0.2, 0.25) is 0 Å². The van der Waals surface area contributed by atoms with E-state index in [2.05, 4.69) is 10.6 Å². The van der Waals surface area contributed by atoms with E-state index in [0.29, 0.717) is 5.58 Å². The average Bonchev–Trinajstić information content (AvgIpc) is 3.24. The highest BCUT2D eigenvalue weighted by Crippen LogP contribution is 2.18. The van der Waals surface area contributed by atoms with E-state index in [4.69, 9.17) is 8.83 Å². The van der Waals surface area contributed by atoms with Crippen LogP contribution in [-0.4, -0.2) is 29.8 Å². The molecule has 3 rings (SSSR count). The summed E-state index contributed by atoms with van der Waals surface area (Å²) in [7, 11) is 0. The maximum Gasteiger partial charge on any atom is 0.433 e. The van der Waals surface area contributed by atoms with Crippen LogP contribution in [0.25, 0.3) is 11.0 Å². The normalized spacial score (nSPS) is 10.6. The van der Waals surface area contributed by atoms with Gasteiger partial charge in [-0.2, -0.15) is 0 Å². The van der Waals surface area contributed by atoms with E-state index in [0.717, 1.165) is 11.5 Å². The Morgan fingerprint density at radius 1 is 0.960 bits per heavy atom. The Bertz CT molecular complexity index is 909. The lowest BCUT2D eigenvalue weighted by Gasteiger charge is -2.04. The Morgan fingerprint density at radius 3 is 2.28 bits per heavy atom. The standard InChI is InChI=1S/C16H13N3O6/c20-15(12-5-6-14(25-12)19(22)23)17-7-8-18-16(21)13-9-10-3-1-2-4-11(10)24-13/h1-6,9H,7-8H2,(H,17,20)(H,18,21). The third-order valence-electron chi connectivity index (χ3n) is 3.34. The number of hydrogen-bond donors (Lipinski definition) is 2. The molecule has 0 atom stereocenters. The van der Waals surface area contributed by atoms with E-state index < -0.39 is 22.6 Å². The molecule has 0 radical (unpaired) electrons. The highest BCUT2D eigenvalue weighted by atomic mass is 16.6. The summed E-state index contributed by atoms with van der Waals surface area (Å²) in [5.74, 6) is -1.52. The minimum atomic E-state index is -0.732. The van der Waals surface area contributed by atoms with Crippen LogP contribution in [0.5, 0.6) is 0 Å². The first-order chi connectivity index (χ1) is 12.0. The fourth-order valence-electron chi connectivity index (χ4n) is 2.17. The van der Waals surface area contributed by atoms with Crippen molar-refractivity contribution in [1.82, 2.24) is 10.6 Å². The van der Waals surface area contributed by atoms with Crippen LogP contribution in [0.1, 0.15) is 21.1 Å². The number of carbonyl (C=O) groups is 2. The zero-order chi connectivity index (χ0) is 17.8. The second kappa shape index (κ2) is 6.87. The molecule has 9 nitrogen and oxygen atoms in total. The first-order valence-electron chi connectivity index (χ1n) is 7.34. The quantitative estimate of drug-likeness (QED) is 0.401. The van der Waals surface area contributed by atoms with Gasteiger partial charge in [-0.05, 0) is 18.2 Å². The van der Waals surface area contributed by atoms with Crippen LogP contribution in [0.4, 0.5) is 5.88 Å². The summed E-state index contributed by atoms with van der Waals surface area (Å²) in [6.07, 6.45) is 0. The zero-order valence-corrected chi connectivity index (χ0v) is 12.9. The maximum absolute atomic E-state index is 12.0. The Hall–Kier alpha value is -3.62. The van der Waals surface area contributed by atoms with Crippen LogP contribution >= 0.6 is 0 Å². The first-order valence-corrected chi connectivity index (χ1v) is 7.34. The number of rotatable bonds is 6. The molecule has 2 amide bonds. The molecule has 2 heterocycles. The van der Waals surface area contributed by atoms with E-state index in [1.807, 2.05) is 18.2 Å². The van der Waals surface area contributed by atoms with Crippen molar-refractivity contribution in [3.63, 3.8) is 0 Å². The Balaban J connectivity index is 1.48. The number of benzene rings is 1. The Labute approximate surface area is 140 Å². The van der Waals surface area contributed by atoms with Crippen molar-refractivity contribution in [3.05, 3.63) is 64.1 Å². The highest BCUT2D eigenvalue weighted by Gasteiger charge is 2.17. The van der Waals surface area contributed by atoms with Crippen LogP contribution < -0.4 is 10.6 Å². The van der Waals surface area contributed by atoms with Gasteiger partial charge in [-0.25, -0.2) is 0 Å². The number of fused-ring (bicyclic) bond motifs is 1. The lowest BCUT2D eigenvalue weighted by atomic mass is 10.2. The molecule has 2 aromatic heterocycles. The third kappa shape index (κ3) is 3.66. The molecule has 0 spiro atoms. The number of nitrogens with zero attached hydrogens (tertiary/aromatic N) is 1. The van der Waals surface area contributed by atoms with E-state index in [1.165, 1.54) is 6.07 Å². The smallest absolute Gasteiger partial charge is 0.433 e. The fraction of sp³-hybridized carbons (Fsp3) is 0.125. The molecular formula is C16H13N3O6. The molecule has 0 aliphatic rings. The summed E-state index contributed by atoms with van der Waals surface area (Å²) in [5, 5.41) is 16.4. The number of nitrogens with one attached hydrogen (secondary N) is 2. The maximum atomic E-state index is 12.0. The van der Waals surface area contributed by atoms with Crippen LogP contribution in [0.3, 0.4) is 0 Å². The molecule has 25 heavy (non-hydrogen) atoms. The van der Waals surface area contributed by atoms with Crippen molar-refractivity contribution in [3.8, 4) is 0 Å². The molecule has 0 saturated heterocycles. The monoisotopic (exact) mass is 343 g/mol. The van der Waals surface area contributed by atoms with Gasteiger partial charge in [-0.1, -0.05) is 18.2 Å². The Kier molecular flexibility index (Phi) is 4.46. The molecule has 1 aromatic carbocycles. The lowest BCUT2D eigenvalue weighted by molar-refractivity contribution is -0.402. The van der Waals surface area contributed by atoms with E-state index in [-0.39, 0.29) is 24.6 Å². The molecule has 0 bridgehead atoms. The van der Waals surface area contributed by atoms with Gasteiger partial charge in [-0.3, -0.25) is 19.7 Å². The number of hydrogen-bond acceptors (Lipinski definition) is 6. The molecule has 0 unspecified atom stereocenters. The highest BCUT2D eigenvalue weighted by molar-refractivity contribution is 5.96. The predicted octanol–water partition coefficient (Wildman–Crippen LogP) is 2.09. The topological polar surface area (TPSA) is 128 Å². The summed E-state index contributed by atoms with van der Waals surface area (Å²) in [6, 6.07) is 11.2. The molecule has 3 aromatic rings. The second-order valence-electron chi connectivity index (χ2n) is 5.06. The molecule has 2 N–H and O–H groups in total. The summed E-state index contributed by atoms with van der Waals surface area (Å²) in [4.78, 5) is 33.5. The lowest BCUT2D eigenvalue weighted by Crippen LogP contribution is -2.34. The van der Waals surface area contributed by atoms with Crippen molar-refractivity contribution in [2.45, 2.75) is 0 Å². The minimum Gasteiger partial charge on any atom is -0.451 e. The predicted molar refractivity (Wildman–Crippen MR) is 86.2 cm³/mol. The van der Waals surface area contributed by atoms with Gasteiger partial charge in [0.05, 0.1) is 6.07 Å². The summed E-state index contributed by atoms with van der Waals surface area (Å²) >= 11 is 0. The number of nitro groups is 1. The zero-order valence-electron chi connectivity index (χ0n) is 12.9. The third-order valence-corrected chi connectivity index (χ3v) is 3.34. The number of furan rings is 2. The van der Waals surface area contributed by atoms with Crippen molar-refractivity contribution >= 4 is 28.7 Å². The molecule has 0 aliphatic heterocycles.